The first kappa shape index (κ1) is 10.3. The van der Waals surface area contributed by atoms with Gasteiger partial charge in [0.05, 0.1) is 6.07 Å². The van der Waals surface area contributed by atoms with E-state index in [0.717, 1.165) is 12.8 Å². The van der Waals surface area contributed by atoms with Crippen LogP contribution >= 0.6 is 0 Å². The van der Waals surface area contributed by atoms with Crippen LogP contribution in [0.2, 0.25) is 0 Å². The molecule has 0 radical (unpaired) electrons. The molecular formula is C11H16N2O2. The Balaban J connectivity index is 2.04. The molecule has 1 saturated heterocycles. The van der Waals surface area contributed by atoms with Gasteiger partial charge in [0.1, 0.15) is 11.6 Å². The summed E-state index contributed by atoms with van der Waals surface area (Å²) < 4.78 is 5.29. The normalized spacial score (nSPS) is 33.2. The van der Waals surface area contributed by atoms with Crippen LogP contribution in [0.1, 0.15) is 33.6 Å². The van der Waals surface area contributed by atoms with E-state index in [0.29, 0.717) is 5.92 Å². The van der Waals surface area contributed by atoms with Gasteiger partial charge in [-0.3, -0.25) is 4.90 Å². The van der Waals surface area contributed by atoms with Crippen molar-refractivity contribution in [1.29, 1.82) is 5.26 Å². The fourth-order valence-corrected chi connectivity index (χ4v) is 2.15. The van der Waals surface area contributed by atoms with E-state index >= 15 is 0 Å². The molecule has 2 aliphatic rings. The molecule has 4 heteroatoms. The smallest absolute Gasteiger partial charge is 0.411 e. The number of nitrogens with zero attached hydrogens (tertiary/aromatic N) is 2. The first-order chi connectivity index (χ1) is 6.92. The summed E-state index contributed by atoms with van der Waals surface area (Å²) in [6, 6.07) is 2.16. The van der Waals surface area contributed by atoms with E-state index in [1.165, 1.54) is 0 Å². The number of nitriles is 1. The van der Waals surface area contributed by atoms with Gasteiger partial charge in [-0.15, -0.1) is 0 Å². The number of ether oxygens (including phenoxy) is 1. The number of likely N-dealkylation sites (tertiary alicyclic amines) is 1. The maximum absolute atomic E-state index is 11.8. The molecule has 82 valence electrons. The molecule has 0 unspecified atom stereocenters. The lowest BCUT2D eigenvalue weighted by atomic mass is 10.2. The number of carbonyl (C=O) groups excluding carboxylic acids is 1. The first-order valence-electron chi connectivity index (χ1n) is 5.33. The van der Waals surface area contributed by atoms with Crippen molar-refractivity contribution in [3.8, 4) is 6.07 Å². The van der Waals surface area contributed by atoms with Crippen molar-refractivity contribution in [1.82, 2.24) is 4.90 Å². The SMILES string of the molecule is CC(C)(C)OC(=O)N1[C@H](C#N)C[C@H]2C[C@@H]21. The van der Waals surface area contributed by atoms with Crippen molar-refractivity contribution in [3.63, 3.8) is 0 Å². The second kappa shape index (κ2) is 3.13. The lowest BCUT2D eigenvalue weighted by Crippen LogP contribution is -2.41. The van der Waals surface area contributed by atoms with Crippen molar-refractivity contribution in [3.05, 3.63) is 0 Å². The zero-order valence-corrected chi connectivity index (χ0v) is 9.36. The minimum Gasteiger partial charge on any atom is -0.444 e. The highest BCUT2D eigenvalue weighted by Crippen LogP contribution is 2.48. The molecule has 0 aromatic carbocycles. The molecule has 2 fully saturated rings. The quantitative estimate of drug-likeness (QED) is 0.611. The summed E-state index contributed by atoms with van der Waals surface area (Å²) in [6.45, 7) is 5.52. The maximum Gasteiger partial charge on any atom is 0.411 e. The minimum absolute atomic E-state index is 0.268. The van der Waals surface area contributed by atoms with E-state index in [1.807, 2.05) is 20.8 Å². The van der Waals surface area contributed by atoms with E-state index < -0.39 is 5.60 Å². The van der Waals surface area contributed by atoms with Crippen LogP contribution in [0, 0.1) is 17.2 Å². The van der Waals surface area contributed by atoms with E-state index in [2.05, 4.69) is 6.07 Å². The Labute approximate surface area is 89.8 Å². The predicted octanol–water partition coefficient (Wildman–Crippen LogP) is 1.91. The Morgan fingerprint density at radius 1 is 1.47 bits per heavy atom. The third-order valence-corrected chi connectivity index (χ3v) is 2.86. The van der Waals surface area contributed by atoms with Gasteiger partial charge >= 0.3 is 6.09 Å². The molecule has 0 spiro atoms. The predicted molar refractivity (Wildman–Crippen MR) is 54.0 cm³/mol. The molecule has 1 heterocycles. The molecule has 1 saturated carbocycles. The Morgan fingerprint density at radius 2 is 2.13 bits per heavy atom. The van der Waals surface area contributed by atoms with Crippen LogP contribution in [0.25, 0.3) is 0 Å². The molecule has 3 atom stereocenters. The molecule has 0 aromatic rings. The highest BCUT2D eigenvalue weighted by molar-refractivity contribution is 5.70. The van der Waals surface area contributed by atoms with Gasteiger partial charge < -0.3 is 4.74 Å². The summed E-state index contributed by atoms with van der Waals surface area (Å²) in [4.78, 5) is 13.4. The van der Waals surface area contributed by atoms with Crippen LogP contribution in [-0.2, 0) is 4.74 Å². The summed E-state index contributed by atoms with van der Waals surface area (Å²) in [6.07, 6.45) is 1.52. The Kier molecular flexibility index (Phi) is 2.14. The van der Waals surface area contributed by atoms with Crippen molar-refractivity contribution in [2.24, 2.45) is 5.92 Å². The summed E-state index contributed by atoms with van der Waals surface area (Å²) >= 11 is 0. The number of hydrogen-bond acceptors (Lipinski definition) is 3. The summed E-state index contributed by atoms with van der Waals surface area (Å²) in [5, 5.41) is 8.92. The van der Waals surface area contributed by atoms with Crippen LogP contribution < -0.4 is 0 Å². The second-order valence-electron chi connectivity index (χ2n) is 5.33. The first-order valence-corrected chi connectivity index (χ1v) is 5.33. The molecule has 15 heavy (non-hydrogen) atoms. The van der Waals surface area contributed by atoms with E-state index in [-0.39, 0.29) is 18.2 Å². The maximum atomic E-state index is 11.8. The number of hydrogen-bond donors (Lipinski definition) is 0. The average Bonchev–Trinajstić information content (AvgIpc) is 2.73. The Bertz CT molecular complexity index is 326. The minimum atomic E-state index is -0.482. The molecule has 1 amide bonds. The van der Waals surface area contributed by atoms with Gasteiger partial charge in [0.25, 0.3) is 0 Å². The third-order valence-electron chi connectivity index (χ3n) is 2.86. The molecule has 2 rings (SSSR count). The van der Waals surface area contributed by atoms with Gasteiger partial charge in [0.2, 0.25) is 0 Å². The number of fused-ring (bicyclic) bond motifs is 1. The molecule has 0 bridgehead atoms. The van der Waals surface area contributed by atoms with Crippen molar-refractivity contribution >= 4 is 6.09 Å². The summed E-state index contributed by atoms with van der Waals surface area (Å²) in [5.74, 6) is 0.544. The molecule has 1 aliphatic carbocycles. The lowest BCUT2D eigenvalue weighted by Gasteiger charge is -2.27. The molecule has 4 nitrogen and oxygen atoms in total. The van der Waals surface area contributed by atoms with Gasteiger partial charge in [0, 0.05) is 6.04 Å². The standard InChI is InChI=1S/C11H16N2O2/c1-11(2,3)15-10(14)13-8(6-12)4-7-5-9(7)13/h7-9H,4-5H2,1-3H3/t7-,8-,9-/m0/s1. The third kappa shape index (κ3) is 1.92. The average molecular weight is 208 g/mol. The molecular weight excluding hydrogens is 192 g/mol. The molecule has 0 N–H and O–H groups in total. The molecule has 1 aliphatic heterocycles. The number of carbonyl (C=O) groups is 1. The zero-order chi connectivity index (χ0) is 11.2. The Hall–Kier alpha value is -1.24. The van der Waals surface area contributed by atoms with Crippen LogP contribution in [0.15, 0.2) is 0 Å². The molecule has 0 aromatic heterocycles. The number of rotatable bonds is 0. The topological polar surface area (TPSA) is 53.3 Å². The lowest BCUT2D eigenvalue weighted by molar-refractivity contribution is 0.0223. The van der Waals surface area contributed by atoms with Crippen molar-refractivity contribution in [2.45, 2.75) is 51.3 Å². The number of amides is 1. The van der Waals surface area contributed by atoms with Crippen molar-refractivity contribution in [2.75, 3.05) is 0 Å². The van der Waals surface area contributed by atoms with Crippen LogP contribution in [-0.4, -0.2) is 28.7 Å². The van der Waals surface area contributed by atoms with Gasteiger partial charge in [-0.1, -0.05) is 0 Å². The van der Waals surface area contributed by atoms with Crippen LogP contribution in [0.3, 0.4) is 0 Å². The van der Waals surface area contributed by atoms with E-state index in [9.17, 15) is 4.79 Å². The van der Waals surface area contributed by atoms with E-state index in [1.54, 1.807) is 4.90 Å². The highest BCUT2D eigenvalue weighted by Gasteiger charge is 2.55. The monoisotopic (exact) mass is 208 g/mol. The zero-order valence-electron chi connectivity index (χ0n) is 9.36. The summed E-state index contributed by atoms with van der Waals surface area (Å²) in [7, 11) is 0. The van der Waals surface area contributed by atoms with E-state index in [4.69, 9.17) is 10.00 Å². The Morgan fingerprint density at radius 3 is 2.67 bits per heavy atom. The fraction of sp³-hybridized carbons (Fsp3) is 0.818. The number of piperidine rings is 1. The van der Waals surface area contributed by atoms with Crippen molar-refractivity contribution < 1.29 is 9.53 Å². The summed E-state index contributed by atoms with van der Waals surface area (Å²) in [5.41, 5.74) is -0.482. The van der Waals surface area contributed by atoms with Gasteiger partial charge in [-0.25, -0.2) is 4.79 Å². The van der Waals surface area contributed by atoms with Gasteiger partial charge in [0.15, 0.2) is 0 Å². The van der Waals surface area contributed by atoms with Gasteiger partial charge in [-0.2, -0.15) is 5.26 Å². The highest BCUT2D eigenvalue weighted by atomic mass is 16.6. The fourth-order valence-electron chi connectivity index (χ4n) is 2.15. The van der Waals surface area contributed by atoms with Gasteiger partial charge in [-0.05, 0) is 39.5 Å². The van der Waals surface area contributed by atoms with Crippen LogP contribution in [0.5, 0.6) is 0 Å². The largest absolute Gasteiger partial charge is 0.444 e. The van der Waals surface area contributed by atoms with Crippen LogP contribution in [0.4, 0.5) is 4.79 Å². The second-order valence-corrected chi connectivity index (χ2v) is 5.33.